The summed E-state index contributed by atoms with van der Waals surface area (Å²) in [6.45, 7) is 5.42. The van der Waals surface area contributed by atoms with Crippen LogP contribution in [0.5, 0.6) is 0 Å². The highest BCUT2D eigenvalue weighted by Crippen LogP contribution is 2.18. The van der Waals surface area contributed by atoms with Crippen molar-refractivity contribution in [2.45, 2.75) is 13.5 Å². The molecule has 1 saturated heterocycles. The molecule has 0 saturated carbocycles. The molecule has 0 aliphatic carbocycles. The lowest BCUT2D eigenvalue weighted by Crippen LogP contribution is -2.48. The highest BCUT2D eigenvalue weighted by molar-refractivity contribution is 5.93. The highest BCUT2D eigenvalue weighted by atomic mass is 16.5. The van der Waals surface area contributed by atoms with E-state index in [1.807, 2.05) is 64.9 Å². The molecule has 1 aromatic carbocycles. The van der Waals surface area contributed by atoms with Gasteiger partial charge >= 0.3 is 0 Å². The summed E-state index contributed by atoms with van der Waals surface area (Å²) in [5, 5.41) is 4.10. The van der Waals surface area contributed by atoms with E-state index in [-0.39, 0.29) is 5.91 Å². The van der Waals surface area contributed by atoms with E-state index in [4.69, 9.17) is 4.52 Å². The zero-order valence-corrected chi connectivity index (χ0v) is 16.7. The van der Waals surface area contributed by atoms with Gasteiger partial charge in [-0.25, -0.2) is 4.98 Å². The first-order valence-electron chi connectivity index (χ1n) is 10.0. The van der Waals surface area contributed by atoms with Crippen molar-refractivity contribution in [2.75, 3.05) is 26.2 Å². The molecule has 0 bridgehead atoms. The smallest absolute Gasteiger partial charge is 0.274 e. The predicted octanol–water partition coefficient (Wildman–Crippen LogP) is 2.65. The zero-order valence-electron chi connectivity index (χ0n) is 16.7. The van der Waals surface area contributed by atoms with Crippen molar-refractivity contribution in [3.8, 4) is 11.4 Å². The monoisotopic (exact) mass is 402 g/mol. The predicted molar refractivity (Wildman–Crippen MR) is 111 cm³/mol. The number of fused-ring (bicyclic) bond motifs is 1. The topological polar surface area (TPSA) is 79.8 Å². The Balaban J connectivity index is 1.19. The summed E-state index contributed by atoms with van der Waals surface area (Å²) in [5.41, 5.74) is 3.39. The molecule has 0 atom stereocenters. The number of rotatable bonds is 4. The molecule has 1 aliphatic rings. The molecular weight excluding hydrogens is 380 g/mol. The highest BCUT2D eigenvalue weighted by Gasteiger charge is 2.25. The average Bonchev–Trinajstić information content (AvgIpc) is 3.41. The minimum absolute atomic E-state index is 0.0298. The second kappa shape index (κ2) is 7.72. The van der Waals surface area contributed by atoms with Gasteiger partial charge in [0.2, 0.25) is 11.7 Å². The minimum Gasteiger partial charge on any atom is -0.338 e. The van der Waals surface area contributed by atoms with Crippen LogP contribution >= 0.6 is 0 Å². The van der Waals surface area contributed by atoms with E-state index in [9.17, 15) is 4.79 Å². The molecule has 1 fully saturated rings. The first kappa shape index (κ1) is 18.5. The van der Waals surface area contributed by atoms with Crippen molar-refractivity contribution in [3.63, 3.8) is 0 Å². The van der Waals surface area contributed by atoms with Gasteiger partial charge in [0.1, 0.15) is 11.3 Å². The molecule has 4 heterocycles. The number of pyridine rings is 1. The number of imidazole rings is 1. The maximum Gasteiger partial charge on any atom is 0.274 e. The van der Waals surface area contributed by atoms with Crippen LogP contribution in [0.4, 0.5) is 0 Å². The van der Waals surface area contributed by atoms with Crippen molar-refractivity contribution >= 4 is 11.6 Å². The Kier molecular flexibility index (Phi) is 4.76. The summed E-state index contributed by atoms with van der Waals surface area (Å²) in [7, 11) is 0. The lowest BCUT2D eigenvalue weighted by atomic mass is 10.1. The molecule has 4 aromatic rings. The van der Waals surface area contributed by atoms with Crippen molar-refractivity contribution in [3.05, 3.63) is 72.0 Å². The summed E-state index contributed by atoms with van der Waals surface area (Å²) >= 11 is 0. The van der Waals surface area contributed by atoms with Gasteiger partial charge in [0.05, 0.1) is 6.54 Å². The van der Waals surface area contributed by atoms with Crippen molar-refractivity contribution in [1.29, 1.82) is 0 Å². The van der Waals surface area contributed by atoms with Gasteiger partial charge < -0.3 is 13.8 Å². The van der Waals surface area contributed by atoms with Gasteiger partial charge in [-0.05, 0) is 19.1 Å². The molecule has 8 nitrogen and oxygen atoms in total. The average molecular weight is 402 g/mol. The van der Waals surface area contributed by atoms with Gasteiger partial charge in [-0.1, -0.05) is 41.1 Å². The largest absolute Gasteiger partial charge is 0.338 e. The summed E-state index contributed by atoms with van der Waals surface area (Å²) in [6.07, 6.45) is 3.68. The third-order valence-electron chi connectivity index (χ3n) is 5.38. The first-order valence-corrected chi connectivity index (χ1v) is 10.0. The van der Waals surface area contributed by atoms with Gasteiger partial charge in [0.15, 0.2) is 0 Å². The number of piperazine rings is 1. The first-order chi connectivity index (χ1) is 14.7. The molecule has 152 valence electrons. The third-order valence-corrected chi connectivity index (χ3v) is 5.38. The number of carbonyl (C=O) groups is 1. The Labute approximate surface area is 173 Å². The Morgan fingerprint density at radius 1 is 1.03 bits per heavy atom. The number of hydrogen-bond acceptors (Lipinski definition) is 6. The van der Waals surface area contributed by atoms with E-state index in [0.717, 1.165) is 24.3 Å². The lowest BCUT2D eigenvalue weighted by Gasteiger charge is -2.33. The zero-order chi connectivity index (χ0) is 20.5. The number of amides is 1. The molecule has 0 spiro atoms. The molecule has 5 rings (SSSR count). The van der Waals surface area contributed by atoms with E-state index < -0.39 is 0 Å². The van der Waals surface area contributed by atoms with Crippen LogP contribution in [0.3, 0.4) is 0 Å². The maximum atomic E-state index is 12.8. The fourth-order valence-corrected chi connectivity index (χ4v) is 3.64. The minimum atomic E-state index is -0.0298. The summed E-state index contributed by atoms with van der Waals surface area (Å²) < 4.78 is 7.30. The molecule has 0 unspecified atom stereocenters. The number of nitrogens with zero attached hydrogens (tertiary/aromatic N) is 6. The molecule has 8 heteroatoms. The lowest BCUT2D eigenvalue weighted by molar-refractivity contribution is 0.0610. The van der Waals surface area contributed by atoms with E-state index in [2.05, 4.69) is 20.0 Å². The molecule has 1 aliphatic heterocycles. The van der Waals surface area contributed by atoms with Gasteiger partial charge in [-0.15, -0.1) is 0 Å². The SMILES string of the molecule is Cc1ccc(-c2noc(CN3CCN(C(=O)c4cn5ccccc5n4)CC3)n2)cc1. The second-order valence-electron chi connectivity index (χ2n) is 7.54. The molecule has 3 aromatic heterocycles. The summed E-state index contributed by atoms with van der Waals surface area (Å²) in [6, 6.07) is 13.8. The van der Waals surface area contributed by atoms with E-state index in [1.54, 1.807) is 6.20 Å². The van der Waals surface area contributed by atoms with Gasteiger partial charge in [0, 0.05) is 44.1 Å². The Hall–Kier alpha value is -3.52. The Morgan fingerprint density at radius 3 is 2.60 bits per heavy atom. The van der Waals surface area contributed by atoms with Gasteiger partial charge in [-0.2, -0.15) is 4.98 Å². The molecule has 30 heavy (non-hydrogen) atoms. The van der Waals surface area contributed by atoms with Crippen LogP contribution in [-0.4, -0.2) is 61.4 Å². The normalized spacial score (nSPS) is 15.0. The number of aryl methyl sites for hydroxylation is 1. The van der Waals surface area contributed by atoms with Crippen LogP contribution in [0, 0.1) is 6.92 Å². The van der Waals surface area contributed by atoms with Gasteiger partial charge in [-0.3, -0.25) is 9.69 Å². The maximum absolute atomic E-state index is 12.8. The van der Waals surface area contributed by atoms with Crippen molar-refractivity contribution in [1.82, 2.24) is 29.3 Å². The van der Waals surface area contributed by atoms with E-state index in [0.29, 0.717) is 37.0 Å². The standard InChI is InChI=1S/C22H22N6O2/c1-16-5-7-17(8-6-16)21-24-20(30-25-21)15-26-10-12-27(13-11-26)22(29)18-14-28-9-3-2-4-19(28)23-18/h2-9,14H,10-13,15H2,1H3. The fourth-order valence-electron chi connectivity index (χ4n) is 3.64. The fraction of sp³-hybridized carbons (Fsp3) is 0.273. The molecule has 0 N–H and O–H groups in total. The van der Waals surface area contributed by atoms with Gasteiger partial charge in [0.25, 0.3) is 5.91 Å². The molecular formula is C22H22N6O2. The van der Waals surface area contributed by atoms with Crippen molar-refractivity contribution in [2.24, 2.45) is 0 Å². The Morgan fingerprint density at radius 2 is 1.83 bits per heavy atom. The Bertz CT molecular complexity index is 1140. The number of hydrogen-bond donors (Lipinski definition) is 0. The third kappa shape index (κ3) is 3.69. The second-order valence-corrected chi connectivity index (χ2v) is 7.54. The quantitative estimate of drug-likeness (QED) is 0.522. The van der Waals surface area contributed by atoms with Crippen LogP contribution in [0.15, 0.2) is 59.4 Å². The number of aromatic nitrogens is 4. The van der Waals surface area contributed by atoms with Crippen LogP contribution in [-0.2, 0) is 6.54 Å². The summed E-state index contributed by atoms with van der Waals surface area (Å²) in [5.74, 6) is 1.16. The molecule has 1 amide bonds. The van der Waals surface area contributed by atoms with Crippen LogP contribution in [0.2, 0.25) is 0 Å². The van der Waals surface area contributed by atoms with Crippen LogP contribution in [0.1, 0.15) is 21.9 Å². The van der Waals surface area contributed by atoms with E-state index >= 15 is 0 Å². The summed E-state index contributed by atoms with van der Waals surface area (Å²) in [4.78, 5) is 25.8. The van der Waals surface area contributed by atoms with Crippen molar-refractivity contribution < 1.29 is 9.32 Å². The van der Waals surface area contributed by atoms with E-state index in [1.165, 1.54) is 5.56 Å². The number of benzene rings is 1. The van der Waals surface area contributed by atoms with Crippen LogP contribution < -0.4 is 0 Å². The van der Waals surface area contributed by atoms with Crippen LogP contribution in [0.25, 0.3) is 17.0 Å². The number of carbonyl (C=O) groups excluding carboxylic acids is 1. The molecule has 0 radical (unpaired) electrons.